The molecule has 4 rings (SSSR count). The van der Waals surface area contributed by atoms with Gasteiger partial charge in [0.25, 0.3) is 6.01 Å². The Balaban J connectivity index is 1.51. The summed E-state index contributed by atoms with van der Waals surface area (Å²) in [6, 6.07) is 16.7. The van der Waals surface area contributed by atoms with E-state index in [1.807, 2.05) is 36.4 Å². The van der Waals surface area contributed by atoms with Crippen LogP contribution in [0.25, 0.3) is 0 Å². The van der Waals surface area contributed by atoms with Crippen LogP contribution in [-0.4, -0.2) is 63.6 Å². The van der Waals surface area contributed by atoms with Gasteiger partial charge in [-0.05, 0) is 35.4 Å². The van der Waals surface area contributed by atoms with Crippen molar-refractivity contribution in [3.63, 3.8) is 0 Å². The molecule has 0 radical (unpaired) electrons. The van der Waals surface area contributed by atoms with Crippen LogP contribution in [0.5, 0.6) is 11.5 Å². The number of ether oxygens (including phenoxy) is 4. The minimum atomic E-state index is 0.512. The van der Waals surface area contributed by atoms with Crippen LogP contribution in [0.1, 0.15) is 16.8 Å². The molecule has 2 heterocycles. The van der Waals surface area contributed by atoms with Gasteiger partial charge in [0.15, 0.2) is 0 Å². The highest BCUT2D eigenvalue weighted by Crippen LogP contribution is 2.24. The second-order valence-corrected chi connectivity index (χ2v) is 8.21. The molecule has 1 aliphatic rings. The van der Waals surface area contributed by atoms with Gasteiger partial charge in [0, 0.05) is 39.8 Å². The fourth-order valence-corrected chi connectivity index (χ4v) is 3.88. The van der Waals surface area contributed by atoms with E-state index in [9.17, 15) is 0 Å². The fraction of sp³-hybridized carbons (Fsp3) is 0.423. The fourth-order valence-electron chi connectivity index (χ4n) is 3.88. The lowest BCUT2D eigenvalue weighted by Gasteiger charge is -2.25. The molecule has 0 saturated carbocycles. The third kappa shape index (κ3) is 6.96. The minimum absolute atomic E-state index is 0.512. The zero-order chi connectivity index (χ0) is 23.6. The van der Waals surface area contributed by atoms with Crippen molar-refractivity contribution in [1.29, 1.82) is 0 Å². The third-order valence-electron chi connectivity index (χ3n) is 5.64. The second-order valence-electron chi connectivity index (χ2n) is 8.21. The standard InChI is InChI=1S/C26H33N3O5/c1-30-13-14-33-25-8-4-6-22(16-25)18-29(17-21-5-3-7-24(15-21)31-2)26-27-23(20-34-26)19-28-9-11-32-12-10-28/h3-8,15-16,20H,9-14,17-19H2,1-2H3. The van der Waals surface area contributed by atoms with Gasteiger partial charge in [0.05, 0.1) is 32.6 Å². The molecule has 1 saturated heterocycles. The Morgan fingerprint density at radius 3 is 2.35 bits per heavy atom. The summed E-state index contributed by atoms with van der Waals surface area (Å²) in [5.41, 5.74) is 3.13. The molecule has 182 valence electrons. The molecule has 2 aromatic carbocycles. The molecule has 0 aliphatic carbocycles. The highest BCUT2D eigenvalue weighted by molar-refractivity contribution is 5.37. The number of aromatic nitrogens is 1. The number of anilines is 1. The highest BCUT2D eigenvalue weighted by atomic mass is 16.5. The Labute approximate surface area is 201 Å². The smallest absolute Gasteiger partial charge is 0.298 e. The summed E-state index contributed by atoms with van der Waals surface area (Å²) in [7, 11) is 3.35. The number of morpholine rings is 1. The van der Waals surface area contributed by atoms with Gasteiger partial charge >= 0.3 is 0 Å². The van der Waals surface area contributed by atoms with Crippen LogP contribution in [0.3, 0.4) is 0 Å². The van der Waals surface area contributed by atoms with E-state index in [0.29, 0.717) is 32.3 Å². The van der Waals surface area contributed by atoms with E-state index in [0.717, 1.165) is 61.2 Å². The molecule has 0 bridgehead atoms. The van der Waals surface area contributed by atoms with Gasteiger partial charge in [-0.1, -0.05) is 24.3 Å². The summed E-state index contributed by atoms with van der Waals surface area (Å²) in [6.07, 6.45) is 1.76. The number of oxazole rings is 1. The van der Waals surface area contributed by atoms with Crippen molar-refractivity contribution in [3.8, 4) is 11.5 Å². The Morgan fingerprint density at radius 2 is 1.65 bits per heavy atom. The van der Waals surface area contributed by atoms with E-state index < -0.39 is 0 Å². The lowest BCUT2D eigenvalue weighted by Crippen LogP contribution is -2.35. The maximum atomic E-state index is 5.96. The van der Waals surface area contributed by atoms with Crippen molar-refractivity contribution in [2.75, 3.05) is 58.6 Å². The summed E-state index contributed by atoms with van der Waals surface area (Å²) < 4.78 is 27.7. The first kappa shape index (κ1) is 24.1. The van der Waals surface area contributed by atoms with Crippen molar-refractivity contribution in [3.05, 3.63) is 71.6 Å². The maximum absolute atomic E-state index is 5.96. The molecular formula is C26H33N3O5. The first-order valence-corrected chi connectivity index (χ1v) is 11.6. The average molecular weight is 468 g/mol. The van der Waals surface area contributed by atoms with Crippen LogP contribution in [-0.2, 0) is 29.1 Å². The first-order chi connectivity index (χ1) is 16.7. The van der Waals surface area contributed by atoms with Crippen molar-refractivity contribution in [2.24, 2.45) is 0 Å². The Bertz CT molecular complexity index is 1020. The number of rotatable bonds is 12. The van der Waals surface area contributed by atoms with E-state index in [2.05, 4.69) is 21.9 Å². The van der Waals surface area contributed by atoms with Crippen LogP contribution in [0.15, 0.2) is 59.2 Å². The molecule has 8 heteroatoms. The molecule has 0 amide bonds. The molecule has 1 fully saturated rings. The summed E-state index contributed by atoms with van der Waals surface area (Å²) in [4.78, 5) is 9.28. The number of nitrogens with zero attached hydrogens (tertiary/aromatic N) is 3. The average Bonchev–Trinajstić information content (AvgIpc) is 3.33. The largest absolute Gasteiger partial charge is 0.497 e. The van der Waals surface area contributed by atoms with Crippen molar-refractivity contribution < 1.29 is 23.4 Å². The Kier molecular flexibility index (Phi) is 8.78. The third-order valence-corrected chi connectivity index (χ3v) is 5.64. The van der Waals surface area contributed by atoms with Gasteiger partial charge in [-0.15, -0.1) is 0 Å². The van der Waals surface area contributed by atoms with E-state index in [4.69, 9.17) is 28.3 Å². The lowest BCUT2D eigenvalue weighted by atomic mass is 10.1. The topological polar surface area (TPSA) is 69.4 Å². The predicted octanol–water partition coefficient (Wildman–Crippen LogP) is 3.75. The second kappa shape index (κ2) is 12.4. The summed E-state index contributed by atoms with van der Waals surface area (Å²) >= 11 is 0. The van der Waals surface area contributed by atoms with Crippen LogP contribution < -0.4 is 14.4 Å². The maximum Gasteiger partial charge on any atom is 0.298 e. The molecule has 0 unspecified atom stereocenters. The van der Waals surface area contributed by atoms with Gasteiger partial charge in [-0.25, -0.2) is 0 Å². The van der Waals surface area contributed by atoms with Gasteiger partial charge in [0.2, 0.25) is 0 Å². The molecular weight excluding hydrogens is 434 g/mol. The number of benzene rings is 2. The van der Waals surface area contributed by atoms with Crippen LogP contribution in [0, 0.1) is 0 Å². The summed E-state index contributed by atoms with van der Waals surface area (Å²) in [5, 5.41) is 0. The number of methoxy groups -OCH3 is 2. The van der Waals surface area contributed by atoms with E-state index >= 15 is 0 Å². The van der Waals surface area contributed by atoms with Crippen LogP contribution in [0.4, 0.5) is 6.01 Å². The minimum Gasteiger partial charge on any atom is -0.497 e. The molecule has 0 N–H and O–H groups in total. The van der Waals surface area contributed by atoms with Gasteiger partial charge in [-0.2, -0.15) is 4.98 Å². The predicted molar refractivity (Wildman–Crippen MR) is 129 cm³/mol. The summed E-state index contributed by atoms with van der Waals surface area (Å²) in [5.74, 6) is 1.64. The quantitative estimate of drug-likeness (QED) is 0.373. The van der Waals surface area contributed by atoms with Gasteiger partial charge in [-0.3, -0.25) is 4.90 Å². The van der Waals surface area contributed by atoms with E-state index in [-0.39, 0.29) is 0 Å². The molecule has 1 aromatic heterocycles. The Hall–Kier alpha value is -3.07. The highest BCUT2D eigenvalue weighted by Gasteiger charge is 2.18. The zero-order valence-electron chi connectivity index (χ0n) is 19.9. The van der Waals surface area contributed by atoms with Crippen molar-refractivity contribution in [2.45, 2.75) is 19.6 Å². The van der Waals surface area contributed by atoms with Gasteiger partial charge < -0.3 is 28.3 Å². The molecule has 0 atom stereocenters. The SMILES string of the molecule is COCCOc1cccc(CN(Cc2cccc(OC)c2)c2nc(CN3CCOCC3)co2)c1. The molecule has 1 aliphatic heterocycles. The number of hydrogen-bond donors (Lipinski definition) is 0. The van der Waals surface area contributed by atoms with E-state index in [1.165, 1.54) is 0 Å². The molecule has 3 aromatic rings. The van der Waals surface area contributed by atoms with Crippen LogP contribution >= 0.6 is 0 Å². The number of hydrogen-bond acceptors (Lipinski definition) is 8. The molecule has 8 nitrogen and oxygen atoms in total. The first-order valence-electron chi connectivity index (χ1n) is 11.6. The van der Waals surface area contributed by atoms with Gasteiger partial charge in [0.1, 0.15) is 24.4 Å². The molecule has 34 heavy (non-hydrogen) atoms. The zero-order valence-corrected chi connectivity index (χ0v) is 19.9. The Morgan fingerprint density at radius 1 is 0.941 bits per heavy atom. The normalized spacial score (nSPS) is 14.2. The summed E-state index contributed by atoms with van der Waals surface area (Å²) in [6.45, 7) is 6.40. The van der Waals surface area contributed by atoms with E-state index in [1.54, 1.807) is 20.5 Å². The van der Waals surface area contributed by atoms with Crippen molar-refractivity contribution in [1.82, 2.24) is 9.88 Å². The molecule has 0 spiro atoms. The lowest BCUT2D eigenvalue weighted by molar-refractivity contribution is 0.0336. The van der Waals surface area contributed by atoms with Crippen molar-refractivity contribution >= 4 is 6.01 Å². The monoisotopic (exact) mass is 467 g/mol. The van der Waals surface area contributed by atoms with Crippen LogP contribution in [0.2, 0.25) is 0 Å².